The van der Waals surface area contributed by atoms with Gasteiger partial charge in [-0.1, -0.05) is 13.8 Å². The van der Waals surface area contributed by atoms with E-state index in [0.717, 1.165) is 12.2 Å². The highest BCUT2D eigenvalue weighted by molar-refractivity contribution is 5.74. The van der Waals surface area contributed by atoms with Gasteiger partial charge in [0.2, 0.25) is 0 Å². The molecular formula is C12H22N4O2. The van der Waals surface area contributed by atoms with Crippen LogP contribution in [0, 0.1) is 5.41 Å². The lowest BCUT2D eigenvalue weighted by atomic mass is 9.82. The predicted molar refractivity (Wildman–Crippen MR) is 68.1 cm³/mol. The van der Waals surface area contributed by atoms with Crippen LogP contribution in [0.1, 0.15) is 39.3 Å². The summed E-state index contributed by atoms with van der Waals surface area (Å²) in [6.07, 6.45) is 2.94. The summed E-state index contributed by atoms with van der Waals surface area (Å²) >= 11 is 0. The Morgan fingerprint density at radius 1 is 1.44 bits per heavy atom. The number of aromatic nitrogens is 3. The molecule has 0 aliphatic heterocycles. The average molecular weight is 254 g/mol. The molecule has 2 N–H and O–H groups in total. The van der Waals surface area contributed by atoms with E-state index in [4.69, 9.17) is 0 Å². The van der Waals surface area contributed by atoms with Gasteiger partial charge in [-0.3, -0.25) is 4.79 Å². The van der Waals surface area contributed by atoms with Crippen molar-refractivity contribution < 1.29 is 9.90 Å². The Hall–Kier alpha value is -1.43. The zero-order chi connectivity index (χ0) is 13.6. The molecule has 6 nitrogen and oxygen atoms in total. The molecule has 0 aromatic carbocycles. The van der Waals surface area contributed by atoms with Crippen molar-refractivity contribution in [2.75, 3.05) is 6.54 Å². The third-order valence-electron chi connectivity index (χ3n) is 3.44. The molecule has 0 saturated heterocycles. The number of aryl methyl sites for hydroxylation is 1. The van der Waals surface area contributed by atoms with Gasteiger partial charge in [-0.15, -0.1) is 0 Å². The highest BCUT2D eigenvalue weighted by Gasteiger charge is 2.34. The van der Waals surface area contributed by atoms with Crippen LogP contribution in [-0.2, 0) is 17.9 Å². The molecule has 0 atom stereocenters. The third kappa shape index (κ3) is 3.29. The van der Waals surface area contributed by atoms with E-state index >= 15 is 0 Å². The van der Waals surface area contributed by atoms with Crippen LogP contribution in [0.2, 0.25) is 0 Å². The normalized spacial score (nSPS) is 11.7. The molecule has 1 rings (SSSR count). The molecule has 0 spiro atoms. The molecule has 1 aromatic rings. The molecule has 0 aliphatic carbocycles. The van der Waals surface area contributed by atoms with Crippen molar-refractivity contribution in [1.82, 2.24) is 20.3 Å². The smallest absolute Gasteiger partial charge is 0.310 e. The van der Waals surface area contributed by atoms with Crippen molar-refractivity contribution in [2.45, 2.75) is 46.7 Å². The number of carboxylic acids is 1. The standard InChI is InChI=1S/C12H22N4O2/c1-4-12(5-2,11(17)18)9-13-7-10-8-14-16(6-3)15-10/h8,13H,4-7,9H2,1-3H3,(H,17,18). The number of carboxylic acid groups (broad SMARTS) is 1. The van der Waals surface area contributed by atoms with Gasteiger partial charge in [-0.25, -0.2) is 0 Å². The number of hydrogen-bond acceptors (Lipinski definition) is 4. The van der Waals surface area contributed by atoms with Crippen molar-refractivity contribution in [3.63, 3.8) is 0 Å². The number of hydrogen-bond donors (Lipinski definition) is 2. The van der Waals surface area contributed by atoms with Gasteiger partial charge < -0.3 is 10.4 Å². The van der Waals surface area contributed by atoms with Crippen molar-refractivity contribution in [1.29, 1.82) is 0 Å². The minimum Gasteiger partial charge on any atom is -0.481 e. The molecule has 6 heteroatoms. The fourth-order valence-corrected chi connectivity index (χ4v) is 1.87. The third-order valence-corrected chi connectivity index (χ3v) is 3.44. The van der Waals surface area contributed by atoms with Crippen LogP contribution in [0.15, 0.2) is 6.20 Å². The summed E-state index contributed by atoms with van der Waals surface area (Å²) in [6, 6.07) is 0. The highest BCUT2D eigenvalue weighted by atomic mass is 16.4. The van der Waals surface area contributed by atoms with Crippen molar-refractivity contribution in [3.05, 3.63) is 11.9 Å². The van der Waals surface area contributed by atoms with E-state index in [1.165, 1.54) is 0 Å². The first-order valence-electron chi connectivity index (χ1n) is 6.41. The SMILES string of the molecule is CCn1ncc(CNCC(CC)(CC)C(=O)O)n1. The number of aliphatic carboxylic acids is 1. The Kier molecular flexibility index (Phi) is 5.27. The van der Waals surface area contributed by atoms with Gasteiger partial charge in [-0.2, -0.15) is 15.0 Å². The molecule has 0 aliphatic rings. The Morgan fingerprint density at radius 3 is 2.56 bits per heavy atom. The molecule has 102 valence electrons. The van der Waals surface area contributed by atoms with Crippen molar-refractivity contribution >= 4 is 5.97 Å². The van der Waals surface area contributed by atoms with Gasteiger partial charge >= 0.3 is 5.97 Å². The first kappa shape index (κ1) is 14.6. The van der Waals surface area contributed by atoms with Crippen LogP contribution in [0.5, 0.6) is 0 Å². The number of nitrogens with one attached hydrogen (secondary N) is 1. The molecular weight excluding hydrogens is 232 g/mol. The largest absolute Gasteiger partial charge is 0.481 e. The second-order valence-corrected chi connectivity index (χ2v) is 4.42. The van der Waals surface area contributed by atoms with Gasteiger partial charge in [-0.05, 0) is 19.8 Å². The van der Waals surface area contributed by atoms with Crippen molar-refractivity contribution in [2.24, 2.45) is 5.41 Å². The zero-order valence-corrected chi connectivity index (χ0v) is 11.3. The monoisotopic (exact) mass is 254 g/mol. The average Bonchev–Trinajstić information content (AvgIpc) is 2.82. The van der Waals surface area contributed by atoms with E-state index in [1.807, 2.05) is 20.8 Å². The van der Waals surface area contributed by atoms with Crippen LogP contribution in [0.3, 0.4) is 0 Å². The Morgan fingerprint density at radius 2 is 2.11 bits per heavy atom. The molecule has 0 saturated carbocycles. The van der Waals surface area contributed by atoms with Crippen LogP contribution < -0.4 is 5.32 Å². The second-order valence-electron chi connectivity index (χ2n) is 4.42. The summed E-state index contributed by atoms with van der Waals surface area (Å²) in [4.78, 5) is 12.9. The number of rotatable bonds is 8. The maximum Gasteiger partial charge on any atom is 0.310 e. The van der Waals surface area contributed by atoms with Crippen LogP contribution in [0.25, 0.3) is 0 Å². The maximum absolute atomic E-state index is 11.3. The van der Waals surface area contributed by atoms with Crippen LogP contribution in [0.4, 0.5) is 0 Å². The van der Waals surface area contributed by atoms with E-state index in [9.17, 15) is 9.90 Å². The van der Waals surface area contributed by atoms with Gasteiger partial charge in [0.25, 0.3) is 0 Å². The maximum atomic E-state index is 11.3. The topological polar surface area (TPSA) is 80.0 Å². The molecule has 0 radical (unpaired) electrons. The number of carbonyl (C=O) groups is 1. The van der Waals surface area contributed by atoms with E-state index in [-0.39, 0.29) is 0 Å². The van der Waals surface area contributed by atoms with Gasteiger partial charge in [0.05, 0.1) is 23.9 Å². The van der Waals surface area contributed by atoms with E-state index < -0.39 is 11.4 Å². The van der Waals surface area contributed by atoms with E-state index in [1.54, 1.807) is 11.0 Å². The van der Waals surface area contributed by atoms with Crippen LogP contribution >= 0.6 is 0 Å². The minimum atomic E-state index is -0.739. The molecule has 1 aromatic heterocycles. The summed E-state index contributed by atoms with van der Waals surface area (Å²) in [5, 5.41) is 20.8. The molecule has 0 fully saturated rings. The fourth-order valence-electron chi connectivity index (χ4n) is 1.87. The molecule has 0 bridgehead atoms. The van der Waals surface area contributed by atoms with Crippen LogP contribution in [-0.4, -0.2) is 32.6 Å². The summed E-state index contributed by atoms with van der Waals surface area (Å²) in [5.74, 6) is -0.739. The summed E-state index contributed by atoms with van der Waals surface area (Å²) < 4.78 is 0. The Bertz CT molecular complexity index is 385. The minimum absolute atomic E-state index is 0.453. The Balaban J connectivity index is 2.51. The van der Waals surface area contributed by atoms with E-state index in [2.05, 4.69) is 15.5 Å². The second kappa shape index (κ2) is 6.49. The summed E-state index contributed by atoms with van der Waals surface area (Å²) in [5.41, 5.74) is 0.157. The first-order chi connectivity index (χ1) is 8.57. The quantitative estimate of drug-likeness (QED) is 0.730. The lowest BCUT2D eigenvalue weighted by molar-refractivity contribution is -0.149. The van der Waals surface area contributed by atoms with Gasteiger partial charge in [0.1, 0.15) is 0 Å². The van der Waals surface area contributed by atoms with E-state index in [0.29, 0.717) is 25.9 Å². The predicted octanol–water partition coefficient (Wildman–Crippen LogP) is 1.28. The summed E-state index contributed by atoms with van der Waals surface area (Å²) in [6.45, 7) is 7.53. The Labute approximate surface area is 107 Å². The molecule has 1 heterocycles. The van der Waals surface area contributed by atoms with Crippen molar-refractivity contribution in [3.8, 4) is 0 Å². The lowest BCUT2D eigenvalue weighted by Crippen LogP contribution is -2.40. The zero-order valence-electron chi connectivity index (χ0n) is 11.3. The molecule has 18 heavy (non-hydrogen) atoms. The number of nitrogens with zero attached hydrogens (tertiary/aromatic N) is 3. The summed E-state index contributed by atoms with van der Waals surface area (Å²) in [7, 11) is 0. The van der Waals surface area contributed by atoms with Gasteiger partial charge in [0.15, 0.2) is 0 Å². The first-order valence-corrected chi connectivity index (χ1v) is 6.41. The fraction of sp³-hybridized carbons (Fsp3) is 0.750. The lowest BCUT2D eigenvalue weighted by Gasteiger charge is -2.26. The highest BCUT2D eigenvalue weighted by Crippen LogP contribution is 2.25. The molecule has 0 unspecified atom stereocenters. The molecule has 0 amide bonds. The van der Waals surface area contributed by atoms with Gasteiger partial charge in [0, 0.05) is 13.1 Å².